The van der Waals surface area contributed by atoms with Crippen LogP contribution in [0.4, 0.5) is 11.4 Å². The van der Waals surface area contributed by atoms with Gasteiger partial charge < -0.3 is 10.1 Å². The lowest BCUT2D eigenvalue weighted by molar-refractivity contribution is -0.384. The van der Waals surface area contributed by atoms with E-state index in [9.17, 15) is 23.3 Å². The number of methoxy groups -OCH3 is 1. The number of nitrogens with zero attached hydrogens (tertiary/aromatic N) is 1. The lowest BCUT2D eigenvalue weighted by Gasteiger charge is -2.08. The summed E-state index contributed by atoms with van der Waals surface area (Å²) in [4.78, 5) is 22.7. The minimum absolute atomic E-state index is 0.0120. The van der Waals surface area contributed by atoms with Crippen molar-refractivity contribution in [1.82, 2.24) is 0 Å². The monoisotopic (exact) mass is 350 g/mol. The van der Waals surface area contributed by atoms with E-state index in [-0.39, 0.29) is 27.6 Å². The molecule has 126 valence electrons. The van der Waals surface area contributed by atoms with Crippen molar-refractivity contribution in [3.8, 4) is 5.75 Å². The number of carbonyl (C=O) groups is 1. The van der Waals surface area contributed by atoms with Crippen LogP contribution in [-0.4, -0.2) is 32.6 Å². The molecule has 1 N–H and O–H groups in total. The van der Waals surface area contributed by atoms with Crippen LogP contribution in [0.5, 0.6) is 5.75 Å². The largest absolute Gasteiger partial charge is 0.496 e. The third kappa shape index (κ3) is 3.87. The molecule has 0 aliphatic heterocycles. The quantitative estimate of drug-likeness (QED) is 0.653. The van der Waals surface area contributed by atoms with Gasteiger partial charge in [0.05, 0.1) is 23.0 Å². The zero-order chi connectivity index (χ0) is 17.9. The summed E-state index contributed by atoms with van der Waals surface area (Å²) in [5, 5.41) is 13.5. The zero-order valence-corrected chi connectivity index (χ0v) is 13.7. The molecule has 0 saturated carbocycles. The molecule has 0 radical (unpaired) electrons. The number of ether oxygens (including phenoxy) is 1. The molecule has 1 amide bonds. The molecule has 0 fully saturated rings. The first-order valence-corrected chi connectivity index (χ1v) is 8.55. The second-order valence-corrected chi connectivity index (χ2v) is 6.91. The lowest BCUT2D eigenvalue weighted by atomic mass is 10.2. The summed E-state index contributed by atoms with van der Waals surface area (Å²) in [5.74, 6) is -0.305. The molecule has 24 heavy (non-hydrogen) atoms. The van der Waals surface area contributed by atoms with Gasteiger partial charge in [0.1, 0.15) is 11.4 Å². The standard InChI is InChI=1S/C15H14N2O6S/c1-23-11-5-8-13(14(9-11)17(19)20)16-15(18)10-3-6-12(7-4-10)24(2,21)22/h3-9H,1-2H3,(H,16,18). The van der Waals surface area contributed by atoms with Gasteiger partial charge in [-0.2, -0.15) is 0 Å². The molecule has 0 aromatic heterocycles. The van der Waals surface area contributed by atoms with E-state index >= 15 is 0 Å². The number of hydrogen-bond donors (Lipinski definition) is 1. The van der Waals surface area contributed by atoms with E-state index in [1.807, 2.05) is 0 Å². The van der Waals surface area contributed by atoms with Crippen molar-refractivity contribution in [2.45, 2.75) is 4.90 Å². The Morgan fingerprint density at radius 1 is 1.17 bits per heavy atom. The lowest BCUT2D eigenvalue weighted by Crippen LogP contribution is -2.13. The summed E-state index contributed by atoms with van der Waals surface area (Å²) in [6.45, 7) is 0. The van der Waals surface area contributed by atoms with Gasteiger partial charge in [-0.05, 0) is 36.4 Å². The molecule has 8 nitrogen and oxygen atoms in total. The van der Waals surface area contributed by atoms with Crippen LogP contribution in [0.25, 0.3) is 0 Å². The van der Waals surface area contributed by atoms with Gasteiger partial charge in [-0.15, -0.1) is 0 Å². The Morgan fingerprint density at radius 2 is 1.79 bits per heavy atom. The molecule has 0 saturated heterocycles. The van der Waals surface area contributed by atoms with E-state index in [4.69, 9.17) is 4.74 Å². The number of hydrogen-bond acceptors (Lipinski definition) is 6. The summed E-state index contributed by atoms with van der Waals surface area (Å²) in [6.07, 6.45) is 1.06. The summed E-state index contributed by atoms with van der Waals surface area (Å²) in [7, 11) is -1.99. The predicted molar refractivity (Wildman–Crippen MR) is 87.2 cm³/mol. The van der Waals surface area contributed by atoms with Gasteiger partial charge in [0.25, 0.3) is 11.6 Å². The Hall–Kier alpha value is -2.94. The fourth-order valence-electron chi connectivity index (χ4n) is 1.94. The second kappa shape index (κ2) is 6.67. The average molecular weight is 350 g/mol. The Labute approximate surface area is 138 Å². The number of carbonyl (C=O) groups excluding carboxylic acids is 1. The minimum atomic E-state index is -3.36. The van der Waals surface area contributed by atoms with Gasteiger partial charge in [0.2, 0.25) is 0 Å². The Bertz CT molecular complexity index is 891. The van der Waals surface area contributed by atoms with Crippen molar-refractivity contribution in [3.05, 3.63) is 58.1 Å². The van der Waals surface area contributed by atoms with Gasteiger partial charge >= 0.3 is 0 Å². The van der Waals surface area contributed by atoms with Crippen molar-refractivity contribution in [2.24, 2.45) is 0 Å². The molecule has 0 aliphatic carbocycles. The van der Waals surface area contributed by atoms with Crippen LogP contribution >= 0.6 is 0 Å². The summed E-state index contributed by atoms with van der Waals surface area (Å²) < 4.78 is 27.7. The van der Waals surface area contributed by atoms with Gasteiger partial charge in [-0.25, -0.2) is 8.42 Å². The SMILES string of the molecule is COc1ccc(NC(=O)c2ccc(S(C)(=O)=O)cc2)c([N+](=O)[O-])c1. The Morgan fingerprint density at radius 3 is 2.29 bits per heavy atom. The number of nitrogens with one attached hydrogen (secondary N) is 1. The van der Waals surface area contributed by atoms with Crippen LogP contribution in [0, 0.1) is 10.1 Å². The van der Waals surface area contributed by atoms with E-state index < -0.39 is 20.7 Å². The van der Waals surface area contributed by atoms with Crippen LogP contribution in [0.3, 0.4) is 0 Å². The number of nitro groups is 1. The highest BCUT2D eigenvalue weighted by Gasteiger charge is 2.18. The third-order valence-corrected chi connectivity index (χ3v) is 4.32. The summed E-state index contributed by atoms with van der Waals surface area (Å²) in [6, 6.07) is 9.30. The van der Waals surface area contributed by atoms with Gasteiger partial charge in [0.15, 0.2) is 9.84 Å². The first-order valence-electron chi connectivity index (χ1n) is 6.66. The number of sulfone groups is 1. The van der Waals surface area contributed by atoms with Crippen LogP contribution in [0.2, 0.25) is 0 Å². The molecule has 0 unspecified atom stereocenters. The van der Waals surface area contributed by atoms with E-state index in [0.717, 1.165) is 6.26 Å². The van der Waals surface area contributed by atoms with Crippen LogP contribution in [0.15, 0.2) is 47.4 Å². The number of benzene rings is 2. The Balaban J connectivity index is 2.28. The number of nitro benzene ring substituents is 1. The molecular weight excluding hydrogens is 336 g/mol. The first-order chi connectivity index (χ1) is 11.2. The Kier molecular flexibility index (Phi) is 4.84. The topological polar surface area (TPSA) is 116 Å². The maximum atomic E-state index is 12.2. The molecule has 2 aromatic carbocycles. The number of amides is 1. The van der Waals surface area contributed by atoms with Gasteiger partial charge in [-0.3, -0.25) is 14.9 Å². The molecule has 2 aromatic rings. The van der Waals surface area contributed by atoms with Crippen molar-refractivity contribution >= 4 is 27.1 Å². The van der Waals surface area contributed by atoms with Crippen LogP contribution in [-0.2, 0) is 9.84 Å². The average Bonchev–Trinajstić information content (AvgIpc) is 2.54. The minimum Gasteiger partial charge on any atom is -0.496 e. The fourth-order valence-corrected chi connectivity index (χ4v) is 2.57. The molecular formula is C15H14N2O6S. The van der Waals surface area contributed by atoms with Crippen molar-refractivity contribution in [3.63, 3.8) is 0 Å². The van der Waals surface area contributed by atoms with Crippen molar-refractivity contribution in [1.29, 1.82) is 0 Å². The number of rotatable bonds is 5. The van der Waals surface area contributed by atoms with E-state index in [2.05, 4.69) is 5.32 Å². The van der Waals surface area contributed by atoms with Crippen molar-refractivity contribution < 1.29 is 22.9 Å². The molecule has 0 bridgehead atoms. The molecule has 0 spiro atoms. The maximum Gasteiger partial charge on any atom is 0.296 e. The highest BCUT2D eigenvalue weighted by atomic mass is 32.2. The molecule has 9 heteroatoms. The normalized spacial score (nSPS) is 10.9. The third-order valence-electron chi connectivity index (χ3n) is 3.19. The first kappa shape index (κ1) is 17.4. The molecule has 0 heterocycles. The highest BCUT2D eigenvalue weighted by molar-refractivity contribution is 7.90. The maximum absolute atomic E-state index is 12.2. The van der Waals surface area contributed by atoms with E-state index in [0.29, 0.717) is 0 Å². The molecule has 2 rings (SSSR count). The predicted octanol–water partition coefficient (Wildman–Crippen LogP) is 2.26. The molecule has 0 aliphatic rings. The fraction of sp³-hybridized carbons (Fsp3) is 0.133. The van der Waals surface area contributed by atoms with E-state index in [1.165, 1.54) is 49.6 Å². The highest BCUT2D eigenvalue weighted by Crippen LogP contribution is 2.29. The van der Waals surface area contributed by atoms with Crippen LogP contribution < -0.4 is 10.1 Å². The van der Waals surface area contributed by atoms with Crippen LogP contribution in [0.1, 0.15) is 10.4 Å². The zero-order valence-electron chi connectivity index (χ0n) is 12.8. The smallest absolute Gasteiger partial charge is 0.296 e. The van der Waals surface area contributed by atoms with Gasteiger partial charge in [0, 0.05) is 11.8 Å². The summed E-state index contributed by atoms with van der Waals surface area (Å²) >= 11 is 0. The van der Waals surface area contributed by atoms with Gasteiger partial charge in [-0.1, -0.05) is 0 Å². The van der Waals surface area contributed by atoms with Crippen molar-refractivity contribution in [2.75, 3.05) is 18.7 Å². The van der Waals surface area contributed by atoms with E-state index in [1.54, 1.807) is 0 Å². The second-order valence-electron chi connectivity index (χ2n) is 4.89. The molecule has 0 atom stereocenters. The number of anilines is 1. The summed E-state index contributed by atoms with van der Waals surface area (Å²) in [5.41, 5.74) is -0.124.